The topological polar surface area (TPSA) is 41.6 Å². The molecule has 1 heterocycles. The lowest BCUT2D eigenvalue weighted by Gasteiger charge is -2.38. The third-order valence-electron chi connectivity index (χ3n) is 4.48. The lowest BCUT2D eigenvalue weighted by Crippen LogP contribution is -2.44. The molecule has 0 radical (unpaired) electrons. The van der Waals surface area contributed by atoms with E-state index in [0.717, 1.165) is 11.3 Å². The minimum atomic E-state index is -0.177. The summed E-state index contributed by atoms with van der Waals surface area (Å²) in [6, 6.07) is 16.1. The summed E-state index contributed by atoms with van der Waals surface area (Å²) in [6.07, 6.45) is -0.177. The standard InChI is InChI=1S/C20H24N2O2/c1-14(2)15-8-10-16(11-9-15)19-21-18-7-5-4-6-17(18)20(23)22(19)12-13-24-3/h4-11,14,19,21H,12-13H2,1-3H3. The van der Waals surface area contributed by atoms with Crippen molar-refractivity contribution in [2.24, 2.45) is 0 Å². The molecule has 1 aliphatic heterocycles. The van der Waals surface area contributed by atoms with E-state index in [0.29, 0.717) is 24.6 Å². The Morgan fingerprint density at radius 2 is 1.83 bits per heavy atom. The third-order valence-corrected chi connectivity index (χ3v) is 4.48. The van der Waals surface area contributed by atoms with Crippen LogP contribution in [0.2, 0.25) is 0 Å². The van der Waals surface area contributed by atoms with Gasteiger partial charge in [0.2, 0.25) is 0 Å². The summed E-state index contributed by atoms with van der Waals surface area (Å²) < 4.78 is 5.19. The highest BCUT2D eigenvalue weighted by molar-refractivity contribution is 6.01. The Morgan fingerprint density at radius 1 is 1.12 bits per heavy atom. The maximum atomic E-state index is 12.9. The van der Waals surface area contributed by atoms with E-state index in [9.17, 15) is 4.79 Å². The highest BCUT2D eigenvalue weighted by Gasteiger charge is 2.32. The van der Waals surface area contributed by atoms with Crippen LogP contribution in [0.1, 0.15) is 47.4 Å². The molecule has 0 aromatic heterocycles. The number of hydrogen-bond acceptors (Lipinski definition) is 3. The monoisotopic (exact) mass is 324 g/mol. The van der Waals surface area contributed by atoms with Crippen LogP contribution in [-0.2, 0) is 4.74 Å². The molecule has 3 rings (SSSR count). The zero-order valence-corrected chi connectivity index (χ0v) is 14.5. The summed E-state index contributed by atoms with van der Waals surface area (Å²) >= 11 is 0. The molecule has 0 saturated heterocycles. The van der Waals surface area contributed by atoms with Gasteiger partial charge in [0.15, 0.2) is 0 Å². The normalized spacial score (nSPS) is 16.9. The largest absolute Gasteiger partial charge is 0.383 e. The van der Waals surface area contributed by atoms with Crippen LogP contribution in [0.15, 0.2) is 48.5 Å². The van der Waals surface area contributed by atoms with Crippen LogP contribution < -0.4 is 5.32 Å². The maximum absolute atomic E-state index is 12.9. The van der Waals surface area contributed by atoms with Gasteiger partial charge in [0.05, 0.1) is 12.2 Å². The van der Waals surface area contributed by atoms with E-state index in [2.05, 4.69) is 43.4 Å². The van der Waals surface area contributed by atoms with Crippen LogP contribution in [-0.4, -0.2) is 31.1 Å². The molecular weight excluding hydrogens is 300 g/mol. The van der Waals surface area contributed by atoms with Gasteiger partial charge in [0, 0.05) is 19.3 Å². The molecular formula is C20H24N2O2. The molecule has 0 saturated carbocycles. The number of nitrogens with one attached hydrogen (secondary N) is 1. The Bertz CT molecular complexity index is 710. The summed E-state index contributed by atoms with van der Waals surface area (Å²) in [6.45, 7) is 5.42. The molecule has 0 aliphatic carbocycles. The molecule has 1 aliphatic rings. The van der Waals surface area contributed by atoms with Gasteiger partial charge in [-0.2, -0.15) is 0 Å². The summed E-state index contributed by atoms with van der Waals surface area (Å²) in [5.41, 5.74) is 3.97. The number of anilines is 1. The zero-order chi connectivity index (χ0) is 17.1. The first-order valence-electron chi connectivity index (χ1n) is 8.37. The van der Waals surface area contributed by atoms with Crippen molar-refractivity contribution in [3.8, 4) is 0 Å². The van der Waals surface area contributed by atoms with E-state index in [-0.39, 0.29) is 12.1 Å². The molecule has 1 unspecified atom stereocenters. The van der Waals surface area contributed by atoms with E-state index in [1.807, 2.05) is 29.2 Å². The van der Waals surface area contributed by atoms with Crippen LogP contribution >= 0.6 is 0 Å². The molecule has 4 nitrogen and oxygen atoms in total. The number of amides is 1. The minimum Gasteiger partial charge on any atom is -0.383 e. The predicted molar refractivity (Wildman–Crippen MR) is 96.2 cm³/mol. The molecule has 4 heteroatoms. The number of rotatable bonds is 5. The van der Waals surface area contributed by atoms with Crippen molar-refractivity contribution in [3.63, 3.8) is 0 Å². The van der Waals surface area contributed by atoms with Gasteiger partial charge < -0.3 is 15.0 Å². The van der Waals surface area contributed by atoms with E-state index in [4.69, 9.17) is 4.74 Å². The van der Waals surface area contributed by atoms with Crippen molar-refractivity contribution in [2.45, 2.75) is 25.9 Å². The molecule has 2 aromatic carbocycles. The number of methoxy groups -OCH3 is 1. The van der Waals surface area contributed by atoms with Crippen LogP contribution in [0.3, 0.4) is 0 Å². The van der Waals surface area contributed by atoms with Gasteiger partial charge in [-0.05, 0) is 29.2 Å². The first-order valence-corrected chi connectivity index (χ1v) is 8.37. The average Bonchev–Trinajstić information content (AvgIpc) is 2.61. The fraction of sp³-hybridized carbons (Fsp3) is 0.350. The second kappa shape index (κ2) is 7.05. The van der Waals surface area contributed by atoms with Gasteiger partial charge in [0.25, 0.3) is 5.91 Å². The van der Waals surface area contributed by atoms with Gasteiger partial charge in [-0.25, -0.2) is 0 Å². The molecule has 0 spiro atoms. The van der Waals surface area contributed by atoms with Gasteiger partial charge >= 0.3 is 0 Å². The zero-order valence-electron chi connectivity index (χ0n) is 14.5. The fourth-order valence-corrected chi connectivity index (χ4v) is 3.04. The Balaban J connectivity index is 1.95. The van der Waals surface area contributed by atoms with Crippen LogP contribution in [0.4, 0.5) is 5.69 Å². The lowest BCUT2D eigenvalue weighted by molar-refractivity contribution is 0.0609. The summed E-state index contributed by atoms with van der Waals surface area (Å²) in [7, 11) is 1.65. The summed E-state index contributed by atoms with van der Waals surface area (Å²) in [4.78, 5) is 14.8. The molecule has 0 fully saturated rings. The highest BCUT2D eigenvalue weighted by atomic mass is 16.5. The Hall–Kier alpha value is -2.33. The second-order valence-corrected chi connectivity index (χ2v) is 6.41. The van der Waals surface area contributed by atoms with Crippen molar-refractivity contribution in [2.75, 3.05) is 25.6 Å². The number of para-hydroxylation sites is 1. The van der Waals surface area contributed by atoms with Crippen molar-refractivity contribution in [1.29, 1.82) is 0 Å². The van der Waals surface area contributed by atoms with Gasteiger partial charge in [-0.1, -0.05) is 50.2 Å². The number of ether oxygens (including phenoxy) is 1. The molecule has 1 N–H and O–H groups in total. The van der Waals surface area contributed by atoms with Crippen LogP contribution in [0.25, 0.3) is 0 Å². The van der Waals surface area contributed by atoms with Crippen molar-refractivity contribution >= 4 is 11.6 Å². The lowest BCUT2D eigenvalue weighted by atomic mass is 9.99. The van der Waals surface area contributed by atoms with Crippen molar-refractivity contribution < 1.29 is 9.53 Å². The Morgan fingerprint density at radius 3 is 2.50 bits per heavy atom. The predicted octanol–water partition coefficient (Wildman–Crippen LogP) is 4.02. The number of fused-ring (bicyclic) bond motifs is 1. The summed E-state index contributed by atoms with van der Waals surface area (Å²) in [5.74, 6) is 0.532. The van der Waals surface area contributed by atoms with Gasteiger partial charge in [-0.3, -0.25) is 4.79 Å². The van der Waals surface area contributed by atoms with Crippen LogP contribution in [0, 0.1) is 0 Å². The quantitative estimate of drug-likeness (QED) is 0.903. The van der Waals surface area contributed by atoms with Crippen LogP contribution in [0.5, 0.6) is 0 Å². The van der Waals surface area contributed by atoms with E-state index < -0.39 is 0 Å². The number of carbonyl (C=O) groups excluding carboxylic acids is 1. The molecule has 2 aromatic rings. The fourth-order valence-electron chi connectivity index (χ4n) is 3.04. The molecule has 0 bridgehead atoms. The maximum Gasteiger partial charge on any atom is 0.257 e. The average molecular weight is 324 g/mol. The minimum absolute atomic E-state index is 0.0411. The SMILES string of the molecule is COCCN1C(=O)c2ccccc2NC1c1ccc(C(C)C)cc1. The van der Waals surface area contributed by atoms with E-state index >= 15 is 0 Å². The molecule has 1 amide bonds. The van der Waals surface area contributed by atoms with Gasteiger partial charge in [-0.15, -0.1) is 0 Å². The first-order chi connectivity index (χ1) is 11.6. The molecule has 1 atom stereocenters. The molecule has 24 heavy (non-hydrogen) atoms. The smallest absolute Gasteiger partial charge is 0.257 e. The number of benzene rings is 2. The van der Waals surface area contributed by atoms with Crippen molar-refractivity contribution in [1.82, 2.24) is 4.90 Å². The number of nitrogens with zero attached hydrogens (tertiary/aromatic N) is 1. The Labute approximate surface area is 143 Å². The van der Waals surface area contributed by atoms with Crippen molar-refractivity contribution in [3.05, 3.63) is 65.2 Å². The number of carbonyl (C=O) groups is 1. The summed E-state index contributed by atoms with van der Waals surface area (Å²) in [5, 5.41) is 3.50. The second-order valence-electron chi connectivity index (χ2n) is 6.41. The van der Waals surface area contributed by atoms with Gasteiger partial charge in [0.1, 0.15) is 6.17 Å². The Kier molecular flexibility index (Phi) is 4.86. The third kappa shape index (κ3) is 3.15. The van der Waals surface area contributed by atoms with E-state index in [1.54, 1.807) is 7.11 Å². The molecule has 126 valence electrons. The first kappa shape index (κ1) is 16.5. The number of hydrogen-bond donors (Lipinski definition) is 1. The van der Waals surface area contributed by atoms with E-state index in [1.165, 1.54) is 5.56 Å². The highest BCUT2D eigenvalue weighted by Crippen LogP contribution is 2.33.